The lowest BCUT2D eigenvalue weighted by molar-refractivity contribution is -0.122. The quantitative estimate of drug-likeness (QED) is 0.490. The number of hydrogen-bond donors (Lipinski definition) is 4. The first-order valence-electron chi connectivity index (χ1n) is 5.27. The molecule has 7 heteroatoms. The standard InChI is InChI=1S/C11H14N4OS.ClH/c12-10(13)7-4-8(17-6-7)5-15-11(16)9-2-1-3-14-9;/h1,3-4,6,9,14H,2,5H2,(H3,12,13)(H,15,16);1H. The molecule has 0 radical (unpaired) electrons. The maximum Gasteiger partial charge on any atom is 0.243 e. The summed E-state index contributed by atoms with van der Waals surface area (Å²) in [5.74, 6) is 0.0493. The minimum absolute atomic E-state index is 0. The Bertz CT molecular complexity index is 463. The predicted molar refractivity (Wildman–Crippen MR) is 75.1 cm³/mol. The van der Waals surface area contributed by atoms with E-state index in [1.165, 1.54) is 11.3 Å². The van der Waals surface area contributed by atoms with Crippen molar-refractivity contribution in [3.05, 3.63) is 34.2 Å². The van der Waals surface area contributed by atoms with Crippen LogP contribution in [-0.4, -0.2) is 17.8 Å². The Morgan fingerprint density at radius 3 is 3.00 bits per heavy atom. The van der Waals surface area contributed by atoms with Crippen molar-refractivity contribution in [2.45, 2.75) is 19.0 Å². The molecule has 0 saturated heterocycles. The Hall–Kier alpha value is -1.53. The summed E-state index contributed by atoms with van der Waals surface area (Å²) in [6, 6.07) is 1.68. The first-order valence-corrected chi connectivity index (χ1v) is 6.15. The molecular weight excluding hydrogens is 272 g/mol. The van der Waals surface area contributed by atoms with Crippen LogP contribution in [0.25, 0.3) is 0 Å². The number of nitrogen functional groups attached to an aromatic ring is 1. The summed E-state index contributed by atoms with van der Waals surface area (Å²) in [6.07, 6.45) is 4.46. The summed E-state index contributed by atoms with van der Waals surface area (Å²) in [7, 11) is 0. The monoisotopic (exact) mass is 286 g/mol. The second-order valence-electron chi connectivity index (χ2n) is 3.79. The van der Waals surface area contributed by atoms with Gasteiger partial charge in [0.1, 0.15) is 11.9 Å². The molecule has 0 bridgehead atoms. The molecule has 18 heavy (non-hydrogen) atoms. The highest BCUT2D eigenvalue weighted by Crippen LogP contribution is 2.14. The van der Waals surface area contributed by atoms with Gasteiger partial charge >= 0.3 is 0 Å². The first kappa shape index (κ1) is 14.5. The number of halogens is 1. The van der Waals surface area contributed by atoms with E-state index in [0.29, 0.717) is 12.1 Å². The molecule has 98 valence electrons. The van der Waals surface area contributed by atoms with Crippen molar-refractivity contribution in [1.29, 1.82) is 5.41 Å². The Balaban J connectivity index is 0.00000162. The van der Waals surface area contributed by atoms with E-state index in [0.717, 1.165) is 11.3 Å². The van der Waals surface area contributed by atoms with Crippen LogP contribution in [0.15, 0.2) is 23.7 Å². The molecule has 2 heterocycles. The fraction of sp³-hybridized carbons (Fsp3) is 0.273. The van der Waals surface area contributed by atoms with E-state index in [1.54, 1.807) is 6.20 Å². The summed E-state index contributed by atoms with van der Waals surface area (Å²) in [4.78, 5) is 12.7. The third-order valence-electron chi connectivity index (χ3n) is 2.51. The molecule has 5 nitrogen and oxygen atoms in total. The molecule has 1 aliphatic heterocycles. The molecular formula is C11H15ClN4OS. The number of nitrogens with one attached hydrogen (secondary N) is 3. The summed E-state index contributed by atoms with van der Waals surface area (Å²) in [6.45, 7) is 0.481. The fourth-order valence-electron chi connectivity index (χ4n) is 1.55. The minimum atomic E-state index is -0.151. The Morgan fingerprint density at radius 2 is 2.44 bits per heavy atom. The number of amidine groups is 1. The zero-order chi connectivity index (χ0) is 12.3. The lowest BCUT2D eigenvalue weighted by Crippen LogP contribution is -2.39. The number of amides is 1. The van der Waals surface area contributed by atoms with Gasteiger partial charge in [-0.05, 0) is 18.7 Å². The number of thiophene rings is 1. The zero-order valence-electron chi connectivity index (χ0n) is 9.60. The minimum Gasteiger partial charge on any atom is -0.384 e. The molecule has 0 aromatic carbocycles. The van der Waals surface area contributed by atoms with Gasteiger partial charge < -0.3 is 16.4 Å². The normalized spacial score (nSPS) is 16.8. The van der Waals surface area contributed by atoms with Crippen LogP contribution in [0, 0.1) is 5.41 Å². The van der Waals surface area contributed by atoms with Crippen molar-refractivity contribution in [3.63, 3.8) is 0 Å². The highest BCUT2D eigenvalue weighted by molar-refractivity contribution is 7.10. The van der Waals surface area contributed by atoms with Crippen LogP contribution in [0.1, 0.15) is 16.9 Å². The van der Waals surface area contributed by atoms with Gasteiger partial charge in [0.15, 0.2) is 0 Å². The number of carbonyl (C=O) groups is 1. The number of carbonyl (C=O) groups excluding carboxylic acids is 1. The third kappa shape index (κ3) is 3.48. The third-order valence-corrected chi connectivity index (χ3v) is 3.44. The van der Waals surface area contributed by atoms with Crippen LogP contribution in [0.4, 0.5) is 0 Å². The molecule has 2 rings (SSSR count). The highest BCUT2D eigenvalue weighted by atomic mass is 35.5. The van der Waals surface area contributed by atoms with E-state index < -0.39 is 0 Å². The maximum absolute atomic E-state index is 11.7. The molecule has 0 saturated carbocycles. The smallest absolute Gasteiger partial charge is 0.243 e. The van der Waals surface area contributed by atoms with Crippen LogP contribution in [0.2, 0.25) is 0 Å². The van der Waals surface area contributed by atoms with Gasteiger partial charge in [-0.25, -0.2) is 0 Å². The van der Waals surface area contributed by atoms with Gasteiger partial charge in [-0.1, -0.05) is 6.08 Å². The van der Waals surface area contributed by atoms with Gasteiger partial charge in [-0.3, -0.25) is 10.2 Å². The van der Waals surface area contributed by atoms with E-state index in [2.05, 4.69) is 10.6 Å². The van der Waals surface area contributed by atoms with Crippen molar-refractivity contribution in [2.75, 3.05) is 0 Å². The van der Waals surface area contributed by atoms with E-state index >= 15 is 0 Å². The van der Waals surface area contributed by atoms with Gasteiger partial charge in [0.25, 0.3) is 0 Å². The lowest BCUT2D eigenvalue weighted by atomic mass is 10.2. The number of nitrogens with two attached hydrogens (primary N) is 1. The van der Waals surface area contributed by atoms with E-state index in [-0.39, 0.29) is 30.2 Å². The number of rotatable bonds is 4. The van der Waals surface area contributed by atoms with Gasteiger partial charge in [0.05, 0.1) is 6.54 Å². The average Bonchev–Trinajstić information content (AvgIpc) is 2.97. The van der Waals surface area contributed by atoms with Crippen LogP contribution in [-0.2, 0) is 11.3 Å². The molecule has 5 N–H and O–H groups in total. The maximum atomic E-state index is 11.7. The number of hydrogen-bond acceptors (Lipinski definition) is 4. The average molecular weight is 287 g/mol. The predicted octanol–water partition coefficient (Wildman–Crippen LogP) is 0.946. The van der Waals surface area contributed by atoms with Crippen LogP contribution < -0.4 is 16.4 Å². The molecule has 1 aliphatic rings. The highest BCUT2D eigenvalue weighted by Gasteiger charge is 2.18. The van der Waals surface area contributed by atoms with Crippen LogP contribution >= 0.6 is 23.7 Å². The van der Waals surface area contributed by atoms with E-state index in [9.17, 15) is 4.79 Å². The van der Waals surface area contributed by atoms with Gasteiger partial charge in [0, 0.05) is 15.8 Å². The van der Waals surface area contributed by atoms with Crippen molar-refractivity contribution < 1.29 is 4.79 Å². The van der Waals surface area contributed by atoms with Crippen LogP contribution in [0.3, 0.4) is 0 Å². The molecule has 1 aromatic rings. The van der Waals surface area contributed by atoms with E-state index in [4.69, 9.17) is 11.1 Å². The molecule has 1 unspecified atom stereocenters. The Morgan fingerprint density at radius 1 is 1.67 bits per heavy atom. The second-order valence-corrected chi connectivity index (χ2v) is 4.79. The van der Waals surface area contributed by atoms with Gasteiger partial charge in [-0.2, -0.15) is 0 Å². The Kier molecular flexibility index (Phi) is 5.18. The molecule has 0 fully saturated rings. The summed E-state index contributed by atoms with van der Waals surface area (Å²) >= 11 is 1.49. The van der Waals surface area contributed by atoms with Crippen molar-refractivity contribution in [3.8, 4) is 0 Å². The van der Waals surface area contributed by atoms with Crippen LogP contribution in [0.5, 0.6) is 0 Å². The fourth-order valence-corrected chi connectivity index (χ4v) is 2.37. The van der Waals surface area contributed by atoms with E-state index in [1.807, 2.05) is 17.5 Å². The molecule has 0 aliphatic carbocycles. The van der Waals surface area contributed by atoms with Crippen molar-refractivity contribution in [1.82, 2.24) is 10.6 Å². The molecule has 1 aromatic heterocycles. The summed E-state index contributed by atoms with van der Waals surface area (Å²) in [5.41, 5.74) is 6.08. The zero-order valence-corrected chi connectivity index (χ0v) is 11.2. The van der Waals surface area contributed by atoms with Crippen molar-refractivity contribution >= 4 is 35.5 Å². The van der Waals surface area contributed by atoms with Gasteiger partial charge in [0.2, 0.25) is 5.91 Å². The molecule has 1 amide bonds. The molecule has 0 spiro atoms. The Labute approximate surface area is 115 Å². The first-order chi connectivity index (χ1) is 8.16. The lowest BCUT2D eigenvalue weighted by Gasteiger charge is -2.10. The topological polar surface area (TPSA) is 91.0 Å². The summed E-state index contributed by atoms with van der Waals surface area (Å²) in [5, 5.41) is 14.9. The second kappa shape index (κ2) is 6.42. The SMILES string of the molecule is Cl.N=C(N)c1csc(CNC(=O)C2CC=CN2)c1. The van der Waals surface area contributed by atoms with Crippen molar-refractivity contribution in [2.24, 2.45) is 5.73 Å². The summed E-state index contributed by atoms with van der Waals surface area (Å²) < 4.78 is 0. The van der Waals surface area contributed by atoms with Gasteiger partial charge in [-0.15, -0.1) is 23.7 Å². The molecule has 1 atom stereocenters. The largest absolute Gasteiger partial charge is 0.384 e.